The summed E-state index contributed by atoms with van der Waals surface area (Å²) >= 11 is 0. The molecule has 1 amide bonds. The topological polar surface area (TPSA) is 131 Å². The summed E-state index contributed by atoms with van der Waals surface area (Å²) in [7, 11) is 0. The number of nitrogens with zero attached hydrogens (tertiary/aromatic N) is 2. The Morgan fingerprint density at radius 3 is 2.46 bits per heavy atom. The van der Waals surface area contributed by atoms with Crippen molar-refractivity contribution >= 4 is 11.8 Å². The van der Waals surface area contributed by atoms with Crippen molar-refractivity contribution in [2.75, 3.05) is 26.2 Å². The molecule has 35 heavy (non-hydrogen) atoms. The predicted molar refractivity (Wildman–Crippen MR) is 134 cm³/mol. The molecule has 3 unspecified atom stereocenters. The first-order valence-electron chi connectivity index (χ1n) is 12.2. The van der Waals surface area contributed by atoms with Crippen LogP contribution in [-0.4, -0.2) is 76.3 Å². The molecule has 3 rings (SSSR count). The maximum Gasteiger partial charge on any atom is 0.255 e. The number of piperidine rings is 1. The van der Waals surface area contributed by atoms with Crippen LogP contribution in [0.4, 0.5) is 0 Å². The zero-order valence-corrected chi connectivity index (χ0v) is 20.5. The molecule has 1 saturated heterocycles. The summed E-state index contributed by atoms with van der Waals surface area (Å²) in [6.45, 7) is 6.44. The number of aliphatic hydroxyl groups excluding tert-OH is 2. The van der Waals surface area contributed by atoms with Gasteiger partial charge >= 0.3 is 0 Å². The van der Waals surface area contributed by atoms with Crippen LogP contribution in [-0.2, 0) is 11.3 Å². The Morgan fingerprint density at radius 1 is 1.17 bits per heavy atom. The smallest absolute Gasteiger partial charge is 0.255 e. The minimum Gasteiger partial charge on any atom is -0.392 e. The number of amides is 1. The van der Waals surface area contributed by atoms with Crippen LogP contribution < -0.4 is 16.6 Å². The molecule has 1 aliphatic heterocycles. The Kier molecular flexibility index (Phi) is 9.80. The first-order chi connectivity index (χ1) is 16.8. The van der Waals surface area contributed by atoms with E-state index in [1.54, 1.807) is 38.1 Å². The van der Waals surface area contributed by atoms with Gasteiger partial charge in [-0.2, -0.15) is 0 Å². The molecule has 2 aliphatic rings. The number of aliphatic hydroxyl groups is 2. The number of carbonyl (C=O) groups is 1. The van der Waals surface area contributed by atoms with Gasteiger partial charge in [0.2, 0.25) is 0 Å². The van der Waals surface area contributed by atoms with E-state index in [0.29, 0.717) is 36.5 Å². The molecule has 0 aromatic heterocycles. The molecule has 1 heterocycles. The molecule has 1 fully saturated rings. The summed E-state index contributed by atoms with van der Waals surface area (Å²) in [5.41, 5.74) is 5.64. The number of hydrogen-bond donors (Lipinski definition) is 5. The number of likely N-dealkylation sites (tertiary alicyclic amines) is 1. The molecule has 0 radical (unpaired) electrons. The Balaban J connectivity index is 1.76. The third kappa shape index (κ3) is 7.35. The predicted octanol–water partition coefficient (Wildman–Crippen LogP) is 0.837. The van der Waals surface area contributed by atoms with Gasteiger partial charge in [0.05, 0.1) is 29.5 Å². The zero-order valence-electron chi connectivity index (χ0n) is 20.5. The van der Waals surface area contributed by atoms with Crippen LogP contribution in [0.25, 0.3) is 0 Å². The number of nitrogens with one attached hydrogen (secondary N) is 2. The van der Waals surface area contributed by atoms with Gasteiger partial charge in [-0.15, -0.1) is 0 Å². The van der Waals surface area contributed by atoms with Crippen molar-refractivity contribution < 1.29 is 19.8 Å². The maximum atomic E-state index is 13.1. The van der Waals surface area contributed by atoms with Crippen LogP contribution in [0.5, 0.6) is 0 Å². The number of hydrogen-bond acceptors (Lipinski definition) is 8. The summed E-state index contributed by atoms with van der Waals surface area (Å²) in [6.07, 6.45) is 5.86. The molecule has 0 spiro atoms. The van der Waals surface area contributed by atoms with E-state index < -0.39 is 18.2 Å². The molecule has 1 aromatic rings. The highest BCUT2D eigenvalue weighted by atomic mass is 16.3. The molecular weight excluding hydrogens is 446 g/mol. The third-order valence-corrected chi connectivity index (χ3v) is 6.17. The first kappa shape index (κ1) is 26.8. The van der Waals surface area contributed by atoms with E-state index in [1.807, 2.05) is 23.0 Å². The fourth-order valence-corrected chi connectivity index (χ4v) is 4.69. The van der Waals surface area contributed by atoms with Gasteiger partial charge in [0.15, 0.2) is 0 Å². The van der Waals surface area contributed by atoms with Crippen molar-refractivity contribution in [3.8, 4) is 0 Å². The monoisotopic (exact) mass is 483 g/mol. The molecule has 0 saturated carbocycles. The van der Waals surface area contributed by atoms with Crippen molar-refractivity contribution in [3.05, 3.63) is 64.5 Å². The number of hydrazine groups is 1. The van der Waals surface area contributed by atoms with Crippen LogP contribution in [0.2, 0.25) is 0 Å². The molecule has 9 nitrogen and oxygen atoms in total. The second kappa shape index (κ2) is 12.8. The Hall–Kier alpha value is -2.78. The minimum absolute atomic E-state index is 0.323. The average Bonchev–Trinajstić information content (AvgIpc) is 2.83. The largest absolute Gasteiger partial charge is 0.392 e. The van der Waals surface area contributed by atoms with Crippen LogP contribution in [0, 0.1) is 0 Å². The van der Waals surface area contributed by atoms with Gasteiger partial charge in [-0.1, -0.05) is 12.1 Å². The first-order valence-corrected chi connectivity index (χ1v) is 12.2. The molecule has 3 atom stereocenters. The summed E-state index contributed by atoms with van der Waals surface area (Å²) < 4.78 is 0. The normalized spacial score (nSPS) is 20.1. The zero-order chi connectivity index (χ0) is 25.4. The number of nitrogens with two attached hydrogens (primary N) is 1. The number of allylic oxidation sites excluding steroid dienone is 2. The third-order valence-electron chi connectivity index (χ3n) is 6.17. The standard InChI is InChI=1S/C26H37N5O4/c1-18(33)14-30(15-19(2)34)16-20-7-6-8-21(13-20)26(35)28-23-9-10-24(22(17-32)25(23)29-27)31-11-4-3-5-12-31/h6-10,13,18-19,25,29,33-34H,3-5,11-12,14-16,27H2,1-2H3,(H,28,35). The van der Waals surface area contributed by atoms with Gasteiger partial charge in [0.1, 0.15) is 5.94 Å². The summed E-state index contributed by atoms with van der Waals surface area (Å²) in [5.74, 6) is 7.50. The van der Waals surface area contributed by atoms with E-state index in [1.165, 1.54) is 6.42 Å². The van der Waals surface area contributed by atoms with E-state index in [0.717, 1.165) is 37.2 Å². The average molecular weight is 484 g/mol. The minimum atomic E-state index is -0.672. The van der Waals surface area contributed by atoms with Crippen molar-refractivity contribution in [2.45, 2.75) is 57.9 Å². The van der Waals surface area contributed by atoms with E-state index >= 15 is 0 Å². The quantitative estimate of drug-likeness (QED) is 0.188. The van der Waals surface area contributed by atoms with Gasteiger partial charge in [0.25, 0.3) is 5.91 Å². The highest BCUT2D eigenvalue weighted by Crippen LogP contribution is 2.27. The van der Waals surface area contributed by atoms with Gasteiger partial charge in [-0.3, -0.25) is 15.5 Å². The summed E-state index contributed by atoms with van der Waals surface area (Å²) in [6, 6.07) is 6.53. The fraction of sp³-hybridized carbons (Fsp3) is 0.500. The highest BCUT2D eigenvalue weighted by Gasteiger charge is 2.30. The lowest BCUT2D eigenvalue weighted by molar-refractivity contribution is 0.0793. The van der Waals surface area contributed by atoms with Crippen LogP contribution in [0.15, 0.2) is 53.4 Å². The SMILES string of the molecule is CC(O)CN(Cc1cccc(C(=O)NC2=CC=C(N3CCCCC3)C(=C=O)C2NN)c1)CC(C)O. The Morgan fingerprint density at radius 2 is 1.86 bits per heavy atom. The van der Waals surface area contributed by atoms with Crippen molar-refractivity contribution in [2.24, 2.45) is 5.84 Å². The van der Waals surface area contributed by atoms with Gasteiger partial charge in [-0.05, 0) is 63.0 Å². The van der Waals surface area contributed by atoms with Crippen LogP contribution in [0.3, 0.4) is 0 Å². The van der Waals surface area contributed by atoms with E-state index in [9.17, 15) is 19.8 Å². The molecular formula is C26H37N5O4. The summed E-state index contributed by atoms with van der Waals surface area (Å²) in [5, 5.41) is 22.5. The second-order valence-corrected chi connectivity index (χ2v) is 9.38. The lowest BCUT2D eigenvalue weighted by Crippen LogP contribution is -2.47. The van der Waals surface area contributed by atoms with E-state index in [-0.39, 0.29) is 5.91 Å². The lowest BCUT2D eigenvalue weighted by atomic mass is 9.94. The van der Waals surface area contributed by atoms with E-state index in [4.69, 9.17) is 5.84 Å². The summed E-state index contributed by atoms with van der Waals surface area (Å²) in [4.78, 5) is 29.1. The molecule has 6 N–H and O–H groups in total. The fourth-order valence-electron chi connectivity index (χ4n) is 4.69. The van der Waals surface area contributed by atoms with Crippen molar-refractivity contribution in [3.63, 3.8) is 0 Å². The second-order valence-electron chi connectivity index (χ2n) is 9.38. The molecule has 1 aliphatic carbocycles. The van der Waals surface area contributed by atoms with Gasteiger partial charge in [-0.25, -0.2) is 10.2 Å². The van der Waals surface area contributed by atoms with Crippen molar-refractivity contribution in [1.29, 1.82) is 0 Å². The number of rotatable bonds is 10. The van der Waals surface area contributed by atoms with Gasteiger partial charge in [0, 0.05) is 44.0 Å². The Bertz CT molecular complexity index is 981. The number of benzene rings is 1. The molecule has 0 bridgehead atoms. The van der Waals surface area contributed by atoms with Crippen LogP contribution >= 0.6 is 0 Å². The van der Waals surface area contributed by atoms with Crippen LogP contribution in [0.1, 0.15) is 49.0 Å². The van der Waals surface area contributed by atoms with Crippen molar-refractivity contribution in [1.82, 2.24) is 20.5 Å². The molecule has 1 aromatic carbocycles. The highest BCUT2D eigenvalue weighted by molar-refractivity contribution is 5.95. The number of carbonyl (C=O) groups excluding carboxylic acids is 2. The molecule has 9 heteroatoms. The van der Waals surface area contributed by atoms with E-state index in [2.05, 4.69) is 15.6 Å². The molecule has 190 valence electrons. The lowest BCUT2D eigenvalue weighted by Gasteiger charge is -2.35. The van der Waals surface area contributed by atoms with Gasteiger partial charge < -0.3 is 20.4 Å². The Labute approximate surface area is 206 Å². The maximum absolute atomic E-state index is 13.1.